The number of furan rings is 1. The van der Waals surface area contributed by atoms with Crippen LogP contribution in [0.4, 0.5) is 0 Å². The molecular formula is C15H16O4. The molecule has 0 atom stereocenters. The summed E-state index contributed by atoms with van der Waals surface area (Å²) in [7, 11) is 0. The molecule has 0 radical (unpaired) electrons. The fourth-order valence-corrected chi connectivity index (χ4v) is 2.07. The number of carbonyl (C=O) groups is 2. The van der Waals surface area contributed by atoms with Gasteiger partial charge in [-0.25, -0.2) is 4.79 Å². The molecule has 1 heterocycles. The normalized spacial score (nSPS) is 10.8. The van der Waals surface area contributed by atoms with Crippen molar-refractivity contribution in [1.82, 2.24) is 0 Å². The van der Waals surface area contributed by atoms with Crippen LogP contribution in [0.3, 0.4) is 0 Å². The Morgan fingerprint density at radius 3 is 2.63 bits per heavy atom. The van der Waals surface area contributed by atoms with Crippen LogP contribution in [0.25, 0.3) is 11.0 Å². The van der Waals surface area contributed by atoms with Crippen molar-refractivity contribution in [2.24, 2.45) is 0 Å². The summed E-state index contributed by atoms with van der Waals surface area (Å²) < 4.78 is 5.22. The van der Waals surface area contributed by atoms with Gasteiger partial charge in [0.1, 0.15) is 5.58 Å². The monoisotopic (exact) mass is 260 g/mol. The number of carboxylic acids is 1. The van der Waals surface area contributed by atoms with Gasteiger partial charge in [-0.2, -0.15) is 0 Å². The molecule has 0 saturated heterocycles. The number of rotatable bonds is 5. The van der Waals surface area contributed by atoms with E-state index in [1.165, 1.54) is 6.07 Å². The molecule has 0 spiro atoms. The van der Waals surface area contributed by atoms with Gasteiger partial charge in [0.2, 0.25) is 5.76 Å². The quantitative estimate of drug-likeness (QED) is 0.830. The van der Waals surface area contributed by atoms with E-state index in [0.29, 0.717) is 23.0 Å². The maximum atomic E-state index is 12.1. The van der Waals surface area contributed by atoms with Crippen LogP contribution in [0.2, 0.25) is 0 Å². The number of benzene rings is 1. The van der Waals surface area contributed by atoms with E-state index >= 15 is 0 Å². The van der Waals surface area contributed by atoms with E-state index < -0.39 is 5.97 Å². The zero-order chi connectivity index (χ0) is 14.0. The number of Topliss-reactive ketones (excluding diaryl/α,β-unsaturated/α-hetero) is 1. The topological polar surface area (TPSA) is 67.5 Å². The Kier molecular flexibility index (Phi) is 3.69. The highest BCUT2D eigenvalue weighted by Gasteiger charge is 2.15. The first-order valence-corrected chi connectivity index (χ1v) is 6.33. The van der Waals surface area contributed by atoms with Crippen LogP contribution >= 0.6 is 0 Å². The minimum atomic E-state index is -1.10. The average Bonchev–Trinajstić information content (AvgIpc) is 2.77. The van der Waals surface area contributed by atoms with Crippen LogP contribution < -0.4 is 0 Å². The molecule has 0 aliphatic heterocycles. The molecule has 1 aromatic heterocycles. The number of unbranched alkanes of at least 4 members (excludes halogenated alkanes) is 1. The number of aryl methyl sites for hydroxylation is 1. The Morgan fingerprint density at radius 1 is 1.26 bits per heavy atom. The summed E-state index contributed by atoms with van der Waals surface area (Å²) in [4.78, 5) is 22.9. The number of ketones is 1. The van der Waals surface area contributed by atoms with E-state index in [-0.39, 0.29) is 11.5 Å². The Hall–Kier alpha value is -2.10. The first-order chi connectivity index (χ1) is 9.02. The van der Waals surface area contributed by atoms with Crippen LogP contribution in [0.5, 0.6) is 0 Å². The second-order valence-electron chi connectivity index (χ2n) is 4.65. The van der Waals surface area contributed by atoms with Gasteiger partial charge >= 0.3 is 5.97 Å². The van der Waals surface area contributed by atoms with Gasteiger partial charge in [0.25, 0.3) is 0 Å². The first-order valence-electron chi connectivity index (χ1n) is 6.33. The van der Waals surface area contributed by atoms with Gasteiger partial charge in [-0.3, -0.25) is 4.79 Å². The van der Waals surface area contributed by atoms with Crippen LogP contribution in [0, 0.1) is 6.92 Å². The van der Waals surface area contributed by atoms with E-state index in [0.717, 1.165) is 18.4 Å². The predicted molar refractivity (Wildman–Crippen MR) is 71.8 cm³/mol. The van der Waals surface area contributed by atoms with E-state index in [9.17, 15) is 9.59 Å². The Morgan fingerprint density at radius 2 is 2.00 bits per heavy atom. The highest BCUT2D eigenvalue weighted by atomic mass is 16.4. The van der Waals surface area contributed by atoms with Gasteiger partial charge in [0, 0.05) is 17.4 Å². The lowest BCUT2D eigenvalue weighted by Crippen LogP contribution is -2.01. The van der Waals surface area contributed by atoms with Crippen LogP contribution in [0.1, 0.15) is 52.7 Å². The summed E-state index contributed by atoms with van der Waals surface area (Å²) in [6, 6.07) is 4.90. The van der Waals surface area contributed by atoms with Crippen molar-refractivity contribution in [1.29, 1.82) is 0 Å². The van der Waals surface area contributed by atoms with Gasteiger partial charge in [-0.05, 0) is 37.1 Å². The number of hydrogen-bond acceptors (Lipinski definition) is 3. The smallest absolute Gasteiger partial charge is 0.371 e. The maximum absolute atomic E-state index is 12.1. The third kappa shape index (κ3) is 2.67. The fourth-order valence-electron chi connectivity index (χ4n) is 2.07. The highest BCUT2D eigenvalue weighted by Crippen LogP contribution is 2.24. The van der Waals surface area contributed by atoms with Crippen molar-refractivity contribution in [3.05, 3.63) is 35.1 Å². The Bertz CT molecular complexity index is 637. The number of carbonyl (C=O) groups excluding carboxylic acids is 1. The van der Waals surface area contributed by atoms with Gasteiger partial charge < -0.3 is 9.52 Å². The van der Waals surface area contributed by atoms with Gasteiger partial charge in [-0.1, -0.05) is 13.3 Å². The molecule has 4 nitrogen and oxygen atoms in total. The molecule has 2 aromatic rings. The summed E-state index contributed by atoms with van der Waals surface area (Å²) in [6.45, 7) is 3.88. The molecule has 1 aromatic carbocycles. The fraction of sp³-hybridized carbons (Fsp3) is 0.333. The van der Waals surface area contributed by atoms with E-state index in [1.807, 2.05) is 13.8 Å². The average molecular weight is 260 g/mol. The van der Waals surface area contributed by atoms with Crippen molar-refractivity contribution < 1.29 is 19.1 Å². The van der Waals surface area contributed by atoms with Crippen molar-refractivity contribution in [3.63, 3.8) is 0 Å². The predicted octanol–water partition coefficient (Wildman–Crippen LogP) is 3.81. The van der Waals surface area contributed by atoms with Gasteiger partial charge in [-0.15, -0.1) is 0 Å². The standard InChI is InChI=1S/C15H16O4/c1-3-4-5-12(16)11-7-10-8-14(15(17)18)19-13(10)6-9(11)2/h6-8H,3-5H2,1-2H3,(H,17,18). The maximum Gasteiger partial charge on any atom is 0.371 e. The molecule has 4 heteroatoms. The summed E-state index contributed by atoms with van der Waals surface area (Å²) in [5.74, 6) is -1.11. The molecule has 100 valence electrons. The molecule has 0 aliphatic rings. The Labute approximate surface area is 111 Å². The molecule has 0 amide bonds. The molecule has 0 bridgehead atoms. The second-order valence-corrected chi connectivity index (χ2v) is 4.65. The summed E-state index contributed by atoms with van der Waals surface area (Å²) in [5.41, 5.74) is 1.97. The molecule has 0 fully saturated rings. The Balaban J connectivity index is 2.43. The van der Waals surface area contributed by atoms with Crippen molar-refractivity contribution in [2.45, 2.75) is 33.1 Å². The highest BCUT2D eigenvalue weighted by molar-refractivity contribution is 6.01. The molecule has 0 saturated carbocycles. The van der Waals surface area contributed by atoms with Crippen LogP contribution in [-0.2, 0) is 0 Å². The zero-order valence-corrected chi connectivity index (χ0v) is 11.0. The van der Waals surface area contributed by atoms with Crippen molar-refractivity contribution in [2.75, 3.05) is 0 Å². The lowest BCUT2D eigenvalue weighted by molar-refractivity contribution is 0.0664. The molecule has 0 unspecified atom stereocenters. The van der Waals surface area contributed by atoms with E-state index in [4.69, 9.17) is 9.52 Å². The van der Waals surface area contributed by atoms with Gasteiger partial charge in [0.05, 0.1) is 0 Å². The van der Waals surface area contributed by atoms with Crippen LogP contribution in [0.15, 0.2) is 22.6 Å². The molecule has 1 N–H and O–H groups in total. The molecule has 0 aliphatic carbocycles. The minimum Gasteiger partial charge on any atom is -0.475 e. The number of aromatic carboxylic acids is 1. The first kappa shape index (κ1) is 13.3. The third-order valence-corrected chi connectivity index (χ3v) is 3.13. The van der Waals surface area contributed by atoms with Gasteiger partial charge in [0.15, 0.2) is 5.78 Å². The van der Waals surface area contributed by atoms with Crippen molar-refractivity contribution >= 4 is 22.7 Å². The largest absolute Gasteiger partial charge is 0.475 e. The third-order valence-electron chi connectivity index (χ3n) is 3.13. The summed E-state index contributed by atoms with van der Waals surface area (Å²) >= 11 is 0. The van der Waals surface area contributed by atoms with Crippen molar-refractivity contribution in [3.8, 4) is 0 Å². The molecule has 2 rings (SSSR count). The number of carboxylic acid groups (broad SMARTS) is 1. The lowest BCUT2D eigenvalue weighted by atomic mass is 9.99. The summed E-state index contributed by atoms with van der Waals surface area (Å²) in [6.07, 6.45) is 2.36. The lowest BCUT2D eigenvalue weighted by Gasteiger charge is -2.04. The van der Waals surface area contributed by atoms with E-state index in [1.54, 1.807) is 12.1 Å². The number of fused-ring (bicyclic) bond motifs is 1. The molecule has 19 heavy (non-hydrogen) atoms. The number of hydrogen-bond donors (Lipinski definition) is 1. The second kappa shape index (κ2) is 5.26. The van der Waals surface area contributed by atoms with E-state index in [2.05, 4.69) is 0 Å². The summed E-state index contributed by atoms with van der Waals surface area (Å²) in [5, 5.41) is 9.54. The van der Waals surface area contributed by atoms with Crippen LogP contribution in [-0.4, -0.2) is 16.9 Å². The molecular weight excluding hydrogens is 244 g/mol. The zero-order valence-electron chi connectivity index (χ0n) is 11.0. The SMILES string of the molecule is CCCCC(=O)c1cc2cc(C(=O)O)oc2cc1C. The minimum absolute atomic E-state index is 0.0966.